The van der Waals surface area contributed by atoms with Crippen LogP contribution in [0.1, 0.15) is 0 Å². The Labute approximate surface area is 95.1 Å². The fourth-order valence-electron chi connectivity index (χ4n) is 1.57. The van der Waals surface area contributed by atoms with E-state index in [2.05, 4.69) is 25.7 Å². The molecule has 7 nitrogen and oxygen atoms in total. The van der Waals surface area contributed by atoms with Crippen molar-refractivity contribution in [1.29, 1.82) is 0 Å². The van der Waals surface area contributed by atoms with Gasteiger partial charge in [0.2, 0.25) is 5.82 Å². The Hall–Kier alpha value is -2.70. The highest BCUT2D eigenvalue weighted by atomic mass is 16.1. The predicted octanol–water partition coefficient (Wildman–Crippen LogP) is 0.346. The molecule has 0 aliphatic carbocycles. The predicted molar refractivity (Wildman–Crippen MR) is 59.6 cm³/mol. The summed E-state index contributed by atoms with van der Waals surface area (Å²) in [4.78, 5) is 11.4. The number of H-pyrrole nitrogens is 2. The first-order valence-corrected chi connectivity index (χ1v) is 4.95. The summed E-state index contributed by atoms with van der Waals surface area (Å²) in [5, 5.41) is 16.5. The number of tetrazole rings is 1. The van der Waals surface area contributed by atoms with Gasteiger partial charge in [-0.3, -0.25) is 9.89 Å². The van der Waals surface area contributed by atoms with Gasteiger partial charge in [-0.15, -0.1) is 10.2 Å². The van der Waals surface area contributed by atoms with Gasteiger partial charge in [0, 0.05) is 17.8 Å². The molecule has 0 unspecified atom stereocenters. The minimum absolute atomic E-state index is 0.0997. The summed E-state index contributed by atoms with van der Waals surface area (Å²) in [7, 11) is 0. The lowest BCUT2D eigenvalue weighted by atomic mass is 10.2. The van der Waals surface area contributed by atoms with E-state index in [0.717, 1.165) is 11.3 Å². The summed E-state index contributed by atoms with van der Waals surface area (Å²) in [6.07, 6.45) is 1.59. The minimum Gasteiger partial charge on any atom is -0.298 e. The van der Waals surface area contributed by atoms with Crippen molar-refractivity contribution in [3.63, 3.8) is 0 Å². The maximum atomic E-state index is 11.4. The molecule has 0 aliphatic rings. The topological polar surface area (TPSA) is 92.2 Å². The molecule has 3 aromatic rings. The molecule has 0 saturated carbocycles. The zero-order valence-electron chi connectivity index (χ0n) is 8.66. The van der Waals surface area contributed by atoms with Crippen LogP contribution in [0, 0.1) is 0 Å². The molecule has 0 atom stereocenters. The smallest absolute Gasteiger partial charge is 0.271 e. The van der Waals surface area contributed by atoms with Crippen LogP contribution in [0.15, 0.2) is 41.3 Å². The Bertz CT molecular complexity index is 663. The van der Waals surface area contributed by atoms with Gasteiger partial charge < -0.3 is 0 Å². The van der Waals surface area contributed by atoms with E-state index in [1.165, 1.54) is 10.7 Å². The average molecular weight is 228 g/mol. The molecule has 1 aromatic carbocycles. The average Bonchev–Trinajstić information content (AvgIpc) is 3.00. The number of aromatic nitrogens is 6. The Kier molecular flexibility index (Phi) is 2.08. The van der Waals surface area contributed by atoms with E-state index >= 15 is 0 Å². The van der Waals surface area contributed by atoms with Gasteiger partial charge in [-0.2, -0.15) is 5.21 Å². The molecule has 17 heavy (non-hydrogen) atoms. The highest BCUT2D eigenvalue weighted by Crippen LogP contribution is 2.14. The molecule has 0 spiro atoms. The third-order valence-electron chi connectivity index (χ3n) is 2.38. The van der Waals surface area contributed by atoms with Gasteiger partial charge in [-0.25, -0.2) is 4.68 Å². The standard InChI is InChI=1S/C10H8N6O/c17-9-5-6-11-16(9)8-3-1-7(2-4-8)10-12-14-15-13-10/h1-6,11H,(H,12,13,14,15). The summed E-state index contributed by atoms with van der Waals surface area (Å²) in [5.41, 5.74) is 1.49. The highest BCUT2D eigenvalue weighted by molar-refractivity contribution is 5.56. The monoisotopic (exact) mass is 228 g/mol. The highest BCUT2D eigenvalue weighted by Gasteiger charge is 2.04. The maximum Gasteiger partial charge on any atom is 0.271 e. The second-order valence-corrected chi connectivity index (χ2v) is 3.42. The van der Waals surface area contributed by atoms with Crippen LogP contribution < -0.4 is 5.56 Å². The molecule has 0 aliphatic heterocycles. The van der Waals surface area contributed by atoms with E-state index in [1.54, 1.807) is 6.20 Å². The van der Waals surface area contributed by atoms with Crippen molar-refractivity contribution in [1.82, 2.24) is 30.4 Å². The number of nitrogens with one attached hydrogen (secondary N) is 2. The van der Waals surface area contributed by atoms with Crippen LogP contribution in [0.3, 0.4) is 0 Å². The normalized spacial score (nSPS) is 10.6. The SMILES string of the molecule is O=c1cc[nH]n1-c1ccc(-c2nn[nH]n2)cc1. The molecular formula is C10H8N6O. The molecule has 0 saturated heterocycles. The van der Waals surface area contributed by atoms with E-state index in [0.29, 0.717) is 5.82 Å². The Morgan fingerprint density at radius 1 is 1.12 bits per heavy atom. The second kappa shape index (κ2) is 3.71. The van der Waals surface area contributed by atoms with E-state index in [-0.39, 0.29) is 5.56 Å². The van der Waals surface area contributed by atoms with E-state index in [4.69, 9.17) is 0 Å². The summed E-state index contributed by atoms with van der Waals surface area (Å²) in [5.74, 6) is 0.524. The summed E-state index contributed by atoms with van der Waals surface area (Å²) < 4.78 is 1.44. The number of hydrogen-bond donors (Lipinski definition) is 2. The Morgan fingerprint density at radius 3 is 2.53 bits per heavy atom. The van der Waals surface area contributed by atoms with Gasteiger partial charge in [0.25, 0.3) is 5.56 Å². The zero-order valence-corrected chi connectivity index (χ0v) is 8.66. The van der Waals surface area contributed by atoms with Crippen molar-refractivity contribution in [2.75, 3.05) is 0 Å². The summed E-state index contributed by atoms with van der Waals surface area (Å²) in [6.45, 7) is 0. The Morgan fingerprint density at radius 2 is 1.94 bits per heavy atom. The second-order valence-electron chi connectivity index (χ2n) is 3.42. The first kappa shape index (κ1) is 9.52. The third kappa shape index (κ3) is 1.63. The quantitative estimate of drug-likeness (QED) is 0.661. The molecule has 2 N–H and O–H groups in total. The van der Waals surface area contributed by atoms with Crippen molar-refractivity contribution in [3.05, 3.63) is 46.9 Å². The van der Waals surface area contributed by atoms with Gasteiger partial charge in [-0.05, 0) is 29.5 Å². The molecule has 2 heterocycles. The van der Waals surface area contributed by atoms with Gasteiger partial charge in [0.05, 0.1) is 5.69 Å². The molecule has 84 valence electrons. The lowest BCUT2D eigenvalue weighted by molar-refractivity contribution is 0.849. The molecule has 0 amide bonds. The molecule has 3 rings (SSSR count). The van der Waals surface area contributed by atoms with Gasteiger partial charge in [0.1, 0.15) is 0 Å². The van der Waals surface area contributed by atoms with Crippen molar-refractivity contribution >= 4 is 0 Å². The van der Waals surface area contributed by atoms with Gasteiger partial charge >= 0.3 is 0 Å². The van der Waals surface area contributed by atoms with E-state index in [1.807, 2.05) is 24.3 Å². The summed E-state index contributed by atoms with van der Waals surface area (Å²) in [6, 6.07) is 8.74. The first-order valence-electron chi connectivity index (χ1n) is 4.95. The molecule has 7 heteroatoms. The van der Waals surface area contributed by atoms with E-state index < -0.39 is 0 Å². The number of hydrogen-bond acceptors (Lipinski definition) is 4. The lowest BCUT2D eigenvalue weighted by Gasteiger charge is -2.01. The number of rotatable bonds is 2. The molecule has 2 aromatic heterocycles. The van der Waals surface area contributed by atoms with Crippen LogP contribution in [-0.2, 0) is 0 Å². The zero-order chi connectivity index (χ0) is 11.7. The van der Waals surface area contributed by atoms with Crippen LogP contribution >= 0.6 is 0 Å². The fraction of sp³-hybridized carbons (Fsp3) is 0. The number of aromatic amines is 2. The molecule has 0 bridgehead atoms. The Balaban J connectivity index is 2.01. The number of benzene rings is 1. The molecule has 0 radical (unpaired) electrons. The van der Waals surface area contributed by atoms with Crippen LogP contribution in [0.25, 0.3) is 17.1 Å². The third-order valence-corrected chi connectivity index (χ3v) is 2.38. The van der Waals surface area contributed by atoms with Crippen molar-refractivity contribution in [2.24, 2.45) is 0 Å². The van der Waals surface area contributed by atoms with Crippen molar-refractivity contribution in [3.8, 4) is 17.1 Å². The van der Waals surface area contributed by atoms with Gasteiger partial charge in [0.15, 0.2) is 0 Å². The molecule has 0 fully saturated rings. The van der Waals surface area contributed by atoms with Crippen molar-refractivity contribution in [2.45, 2.75) is 0 Å². The van der Waals surface area contributed by atoms with Crippen LogP contribution in [0.5, 0.6) is 0 Å². The van der Waals surface area contributed by atoms with Gasteiger partial charge in [-0.1, -0.05) is 0 Å². The minimum atomic E-state index is -0.0997. The van der Waals surface area contributed by atoms with Crippen LogP contribution in [0.4, 0.5) is 0 Å². The van der Waals surface area contributed by atoms with Crippen LogP contribution in [-0.4, -0.2) is 30.4 Å². The fourth-order valence-corrected chi connectivity index (χ4v) is 1.57. The number of nitrogens with zero attached hydrogens (tertiary/aromatic N) is 4. The summed E-state index contributed by atoms with van der Waals surface area (Å²) >= 11 is 0. The van der Waals surface area contributed by atoms with Crippen LogP contribution in [0.2, 0.25) is 0 Å². The lowest BCUT2D eigenvalue weighted by Crippen LogP contribution is -2.13. The molecular weight excluding hydrogens is 220 g/mol. The maximum absolute atomic E-state index is 11.4. The van der Waals surface area contributed by atoms with Crippen molar-refractivity contribution < 1.29 is 0 Å². The first-order chi connectivity index (χ1) is 8.34. The largest absolute Gasteiger partial charge is 0.298 e. The van der Waals surface area contributed by atoms with E-state index in [9.17, 15) is 4.79 Å².